The largest absolute Gasteiger partial charge is 0.497 e. The summed E-state index contributed by atoms with van der Waals surface area (Å²) in [5.41, 5.74) is 1.43. The molecule has 1 aliphatic heterocycles. The molecule has 1 fully saturated rings. The average Bonchev–Trinajstić information content (AvgIpc) is 3.63. The van der Waals surface area contributed by atoms with Gasteiger partial charge in [-0.2, -0.15) is 0 Å². The van der Waals surface area contributed by atoms with E-state index in [0.717, 1.165) is 16.7 Å². The summed E-state index contributed by atoms with van der Waals surface area (Å²) >= 11 is 0. The van der Waals surface area contributed by atoms with Crippen LogP contribution in [0.3, 0.4) is 0 Å². The van der Waals surface area contributed by atoms with Gasteiger partial charge in [-0.1, -0.05) is 61.2 Å². The molecule has 0 radical (unpaired) electrons. The maximum absolute atomic E-state index is 12.3. The highest BCUT2D eigenvalue weighted by Gasteiger charge is 2.39. The lowest BCUT2D eigenvalue weighted by Crippen LogP contribution is -2.37. The maximum atomic E-state index is 12.3. The standard InChI is InChI=1S/C40H48NO11P/c1-7-46-36(28-50-53(6,49-26-24-41-3)51-29-38-37(23-25-47-38)52-39(43)22-13-30(2)42)27-48-40(31-11-9-8-10-12-31,32-14-18-34(44-4)19-15-32)33-16-20-35(45-5)21-17-33/h7-12,14-21,36-38H,1,6,13,22-29H2,2,4-5H3/t36?,37?,38-,53?/m1/s1. The van der Waals surface area contributed by atoms with Crippen LogP contribution in [-0.2, 0) is 47.7 Å². The van der Waals surface area contributed by atoms with Crippen molar-refractivity contribution in [3.8, 4) is 11.5 Å². The number of esters is 1. The van der Waals surface area contributed by atoms with Gasteiger partial charge < -0.3 is 51.6 Å². The van der Waals surface area contributed by atoms with Gasteiger partial charge in [0, 0.05) is 12.8 Å². The highest BCUT2D eigenvalue weighted by atomic mass is 31.2. The molecule has 0 amide bonds. The number of rotatable bonds is 23. The number of nitrogens with zero attached hydrogens (tertiary/aromatic N) is 1. The molecule has 0 spiro atoms. The Labute approximate surface area is 311 Å². The Hall–Kier alpha value is -4.47. The SMILES string of the molecule is [C-]#[N+]CCOP(=C)(OCC(COC(c1ccccc1)(c1ccc(OC)cc1)c1ccc(OC)cc1)OC=C)OC[C@H]1OCCC1OC(=O)CCC(C)=O. The van der Waals surface area contributed by atoms with Crippen LogP contribution in [0.25, 0.3) is 4.85 Å². The molecule has 0 N–H and O–H groups in total. The smallest absolute Gasteiger partial charge is 0.306 e. The number of benzene rings is 3. The summed E-state index contributed by atoms with van der Waals surface area (Å²) in [4.78, 5) is 27.0. The van der Waals surface area contributed by atoms with E-state index in [4.69, 9.17) is 48.6 Å². The van der Waals surface area contributed by atoms with Crippen LogP contribution in [0.15, 0.2) is 91.7 Å². The molecule has 0 aliphatic carbocycles. The minimum Gasteiger partial charge on any atom is -0.497 e. The number of ether oxygens (including phenoxy) is 6. The normalized spacial score (nSPS) is 17.2. The first-order valence-electron chi connectivity index (χ1n) is 17.2. The van der Waals surface area contributed by atoms with Crippen LogP contribution in [0.1, 0.15) is 42.9 Å². The Bertz CT molecular complexity index is 1640. The third-order valence-electron chi connectivity index (χ3n) is 8.44. The first-order valence-corrected chi connectivity index (χ1v) is 18.9. The summed E-state index contributed by atoms with van der Waals surface area (Å²) in [5, 5.41) is 0. The molecule has 1 saturated heterocycles. The summed E-state index contributed by atoms with van der Waals surface area (Å²) in [7, 11) is -0.0990. The van der Waals surface area contributed by atoms with Gasteiger partial charge in [0.25, 0.3) is 7.57 Å². The maximum Gasteiger partial charge on any atom is 0.306 e. The molecule has 0 saturated carbocycles. The molecule has 3 unspecified atom stereocenters. The number of Topliss-reactive ketones (excluding diaryl/α,β-unsaturated/α-hetero) is 1. The molecule has 0 bridgehead atoms. The Balaban J connectivity index is 1.56. The molecule has 1 aliphatic rings. The first-order chi connectivity index (χ1) is 25.7. The van der Waals surface area contributed by atoms with E-state index >= 15 is 0 Å². The quantitative estimate of drug-likeness (QED) is 0.0255. The zero-order valence-electron chi connectivity index (χ0n) is 30.5. The van der Waals surface area contributed by atoms with E-state index in [2.05, 4.69) is 17.7 Å². The number of carbonyl (C=O) groups is 2. The predicted molar refractivity (Wildman–Crippen MR) is 201 cm³/mol. The van der Waals surface area contributed by atoms with Gasteiger partial charge in [0.15, 0.2) is 0 Å². The fourth-order valence-electron chi connectivity index (χ4n) is 5.70. The molecule has 3 aromatic rings. The Morgan fingerprint density at radius 2 is 1.55 bits per heavy atom. The molecule has 12 nitrogen and oxygen atoms in total. The van der Waals surface area contributed by atoms with Crippen LogP contribution in [0.2, 0.25) is 0 Å². The number of ketones is 1. The van der Waals surface area contributed by atoms with Crippen LogP contribution in [0, 0.1) is 6.57 Å². The van der Waals surface area contributed by atoms with E-state index in [1.807, 2.05) is 78.9 Å². The second kappa shape index (κ2) is 20.7. The Morgan fingerprint density at radius 1 is 0.925 bits per heavy atom. The summed E-state index contributed by atoms with van der Waals surface area (Å²) in [6.07, 6.45) is 4.14. The van der Waals surface area contributed by atoms with Gasteiger partial charge in [-0.15, -0.1) is 0 Å². The van der Waals surface area contributed by atoms with Gasteiger partial charge in [-0.05, 0) is 54.2 Å². The molecule has 13 heteroatoms. The molecule has 0 aromatic heterocycles. The second-order valence-corrected chi connectivity index (χ2v) is 14.1. The van der Waals surface area contributed by atoms with Gasteiger partial charge in [0.05, 0.1) is 53.3 Å². The van der Waals surface area contributed by atoms with Crippen molar-refractivity contribution in [2.75, 3.05) is 53.8 Å². The van der Waals surface area contributed by atoms with Gasteiger partial charge in [0.1, 0.15) is 47.8 Å². The first kappa shape index (κ1) is 41.3. The van der Waals surface area contributed by atoms with Crippen molar-refractivity contribution in [1.82, 2.24) is 0 Å². The highest BCUT2D eigenvalue weighted by Crippen LogP contribution is 2.50. The fourth-order valence-corrected chi connectivity index (χ4v) is 7.05. The summed E-state index contributed by atoms with van der Waals surface area (Å²) < 4.78 is 53.5. The number of hydrogen-bond donors (Lipinski definition) is 0. The van der Waals surface area contributed by atoms with Crippen molar-refractivity contribution in [1.29, 1.82) is 0 Å². The molecule has 4 atom stereocenters. The molecule has 4 rings (SSSR count). The zero-order valence-corrected chi connectivity index (χ0v) is 31.4. The van der Waals surface area contributed by atoms with Crippen molar-refractivity contribution < 1.29 is 51.6 Å². The Morgan fingerprint density at radius 3 is 2.11 bits per heavy atom. The lowest BCUT2D eigenvalue weighted by molar-refractivity contribution is -0.153. The Kier molecular flexibility index (Phi) is 16.1. The molecule has 284 valence electrons. The lowest BCUT2D eigenvalue weighted by atomic mass is 9.80. The van der Waals surface area contributed by atoms with Gasteiger partial charge >= 0.3 is 5.97 Å². The minimum atomic E-state index is -3.33. The molecule has 1 heterocycles. The second-order valence-electron chi connectivity index (χ2n) is 12.1. The number of hydrogen-bond acceptors (Lipinski definition) is 11. The van der Waals surface area contributed by atoms with Crippen LogP contribution in [-0.4, -0.2) is 90.2 Å². The summed E-state index contributed by atoms with van der Waals surface area (Å²) in [6, 6.07) is 25.2. The van der Waals surface area contributed by atoms with Crippen molar-refractivity contribution in [3.05, 3.63) is 120 Å². The van der Waals surface area contributed by atoms with Crippen molar-refractivity contribution in [3.63, 3.8) is 0 Å². The third kappa shape index (κ3) is 11.8. The molecule has 53 heavy (non-hydrogen) atoms. The predicted octanol–water partition coefficient (Wildman–Crippen LogP) is 6.77. The van der Waals surface area contributed by atoms with Gasteiger partial charge in [-0.3, -0.25) is 4.79 Å². The highest BCUT2D eigenvalue weighted by molar-refractivity contribution is 7.59. The minimum absolute atomic E-state index is 0.0101. The van der Waals surface area contributed by atoms with E-state index in [1.54, 1.807) is 14.2 Å². The van der Waals surface area contributed by atoms with Crippen molar-refractivity contribution in [2.24, 2.45) is 0 Å². The monoisotopic (exact) mass is 749 g/mol. The number of methoxy groups -OCH3 is 2. The van der Waals surface area contributed by atoms with Crippen LogP contribution in [0.4, 0.5) is 0 Å². The lowest BCUT2D eigenvalue weighted by Gasteiger charge is -2.37. The zero-order chi connectivity index (χ0) is 38.1. The van der Waals surface area contributed by atoms with Crippen LogP contribution >= 0.6 is 7.57 Å². The van der Waals surface area contributed by atoms with Crippen molar-refractivity contribution >= 4 is 25.6 Å². The summed E-state index contributed by atoms with van der Waals surface area (Å²) in [5.74, 6) is 0.810. The molecular weight excluding hydrogens is 701 g/mol. The fraction of sp³-hybridized carbons (Fsp3) is 0.400. The van der Waals surface area contributed by atoms with E-state index in [1.165, 1.54) is 13.2 Å². The van der Waals surface area contributed by atoms with Gasteiger partial charge in [0.2, 0.25) is 6.54 Å². The van der Waals surface area contributed by atoms with E-state index in [9.17, 15) is 9.59 Å². The van der Waals surface area contributed by atoms with E-state index in [0.29, 0.717) is 24.5 Å². The summed E-state index contributed by atoms with van der Waals surface area (Å²) in [6.45, 7) is 12.7. The number of carbonyl (C=O) groups excluding carboxylic acids is 2. The van der Waals surface area contributed by atoms with E-state index in [-0.39, 0.29) is 51.6 Å². The third-order valence-corrected chi connectivity index (χ3v) is 10.1. The van der Waals surface area contributed by atoms with Gasteiger partial charge in [-0.25, -0.2) is 6.57 Å². The van der Waals surface area contributed by atoms with E-state index < -0.39 is 37.4 Å². The topological polar surface area (TPSA) is 122 Å². The van der Waals surface area contributed by atoms with Crippen molar-refractivity contribution in [2.45, 2.75) is 50.1 Å². The average molecular weight is 750 g/mol. The molecule has 3 aromatic carbocycles. The van der Waals surface area contributed by atoms with Crippen LogP contribution in [0.5, 0.6) is 11.5 Å². The molecular formula is C40H48NO11P. The van der Waals surface area contributed by atoms with Crippen LogP contribution < -0.4 is 9.47 Å².